The first kappa shape index (κ1) is 14.5. The van der Waals surface area contributed by atoms with Gasteiger partial charge in [0.15, 0.2) is 0 Å². The van der Waals surface area contributed by atoms with Crippen molar-refractivity contribution in [2.24, 2.45) is 5.41 Å². The van der Waals surface area contributed by atoms with E-state index in [2.05, 4.69) is 6.92 Å². The molecule has 1 heterocycles. The molecule has 1 aromatic rings. The van der Waals surface area contributed by atoms with Crippen molar-refractivity contribution in [2.75, 3.05) is 25.6 Å². The SMILES string of the molecule is C[C@H](SCC1(CO)COC1)c1ccc(Cl)cc1Cl. The third-order valence-electron chi connectivity index (χ3n) is 3.19. The van der Waals surface area contributed by atoms with Crippen molar-refractivity contribution in [1.29, 1.82) is 0 Å². The van der Waals surface area contributed by atoms with E-state index in [1.54, 1.807) is 17.8 Å². The Bertz CT molecular complexity index is 416. The summed E-state index contributed by atoms with van der Waals surface area (Å²) >= 11 is 13.9. The molecule has 18 heavy (non-hydrogen) atoms. The van der Waals surface area contributed by atoms with Crippen molar-refractivity contribution in [3.63, 3.8) is 0 Å². The van der Waals surface area contributed by atoms with E-state index in [1.807, 2.05) is 12.1 Å². The molecule has 0 unspecified atom stereocenters. The summed E-state index contributed by atoms with van der Waals surface area (Å²) in [4.78, 5) is 0. The van der Waals surface area contributed by atoms with Gasteiger partial charge in [0.1, 0.15) is 0 Å². The normalized spacial score (nSPS) is 19.3. The lowest BCUT2D eigenvalue weighted by Gasteiger charge is -2.40. The molecule has 2 rings (SSSR count). The maximum atomic E-state index is 9.37. The van der Waals surface area contributed by atoms with E-state index in [0.717, 1.165) is 11.3 Å². The van der Waals surface area contributed by atoms with Gasteiger partial charge in [-0.1, -0.05) is 29.3 Å². The first-order valence-corrected chi connectivity index (χ1v) is 7.62. The molecule has 0 spiro atoms. The summed E-state index contributed by atoms with van der Waals surface area (Å²) in [5, 5.41) is 11.0. The highest BCUT2D eigenvalue weighted by molar-refractivity contribution is 7.99. The molecule has 1 saturated heterocycles. The predicted molar refractivity (Wildman–Crippen MR) is 77.7 cm³/mol. The second kappa shape index (κ2) is 6.02. The number of aliphatic hydroxyl groups is 1. The second-order valence-corrected chi connectivity index (χ2v) is 6.94. The Hall–Kier alpha value is 0.0700. The lowest BCUT2D eigenvalue weighted by Crippen LogP contribution is -2.47. The molecule has 0 saturated carbocycles. The van der Waals surface area contributed by atoms with E-state index >= 15 is 0 Å². The van der Waals surface area contributed by atoms with Crippen LogP contribution >= 0.6 is 35.0 Å². The van der Waals surface area contributed by atoms with Gasteiger partial charge in [-0.05, 0) is 24.6 Å². The van der Waals surface area contributed by atoms with Crippen LogP contribution in [0.1, 0.15) is 17.7 Å². The molecule has 0 amide bonds. The molecule has 0 radical (unpaired) electrons. The molecule has 1 N–H and O–H groups in total. The van der Waals surface area contributed by atoms with Crippen molar-refractivity contribution in [1.82, 2.24) is 0 Å². The molecule has 0 bridgehead atoms. The summed E-state index contributed by atoms with van der Waals surface area (Å²) < 4.78 is 5.19. The van der Waals surface area contributed by atoms with Crippen LogP contribution in [-0.2, 0) is 4.74 Å². The molecular formula is C13H16Cl2O2S. The monoisotopic (exact) mass is 306 g/mol. The third-order valence-corrected chi connectivity index (χ3v) is 5.29. The summed E-state index contributed by atoms with van der Waals surface area (Å²) in [6, 6.07) is 5.59. The fourth-order valence-electron chi connectivity index (χ4n) is 1.83. The fourth-order valence-corrected chi connectivity index (χ4v) is 3.72. The molecule has 1 aliphatic heterocycles. The Morgan fingerprint density at radius 2 is 2.17 bits per heavy atom. The van der Waals surface area contributed by atoms with Gasteiger partial charge in [0.25, 0.3) is 0 Å². The first-order chi connectivity index (χ1) is 8.56. The quantitative estimate of drug-likeness (QED) is 0.897. The van der Waals surface area contributed by atoms with Gasteiger partial charge in [-0.15, -0.1) is 0 Å². The van der Waals surface area contributed by atoms with Crippen LogP contribution in [0.25, 0.3) is 0 Å². The van der Waals surface area contributed by atoms with Crippen molar-refractivity contribution >= 4 is 35.0 Å². The molecule has 0 aromatic heterocycles. The van der Waals surface area contributed by atoms with Crippen molar-refractivity contribution in [2.45, 2.75) is 12.2 Å². The number of thioether (sulfide) groups is 1. The largest absolute Gasteiger partial charge is 0.396 e. The molecule has 2 nitrogen and oxygen atoms in total. The Morgan fingerprint density at radius 1 is 1.44 bits per heavy atom. The fraction of sp³-hybridized carbons (Fsp3) is 0.538. The zero-order valence-corrected chi connectivity index (χ0v) is 12.5. The van der Waals surface area contributed by atoms with Crippen LogP contribution in [0.5, 0.6) is 0 Å². The number of ether oxygens (including phenoxy) is 1. The van der Waals surface area contributed by atoms with Crippen LogP contribution < -0.4 is 0 Å². The van der Waals surface area contributed by atoms with Crippen LogP contribution in [0, 0.1) is 5.41 Å². The molecule has 1 fully saturated rings. The Labute approximate surface area is 122 Å². The predicted octanol–water partition coefficient (Wildman–Crippen LogP) is 3.80. The van der Waals surface area contributed by atoms with E-state index in [-0.39, 0.29) is 17.3 Å². The highest BCUT2D eigenvalue weighted by Gasteiger charge is 2.38. The Kier molecular flexibility index (Phi) is 4.84. The number of halogens is 2. The summed E-state index contributed by atoms with van der Waals surface area (Å²) in [5.74, 6) is 0.879. The molecule has 1 atom stereocenters. The van der Waals surface area contributed by atoms with Crippen LogP contribution in [0.2, 0.25) is 10.0 Å². The minimum Gasteiger partial charge on any atom is -0.396 e. The minimum atomic E-state index is -0.0577. The van der Waals surface area contributed by atoms with E-state index in [4.69, 9.17) is 27.9 Å². The maximum absolute atomic E-state index is 9.37. The highest BCUT2D eigenvalue weighted by Crippen LogP contribution is 2.39. The summed E-state index contributed by atoms with van der Waals surface area (Å²) in [6.45, 7) is 3.60. The number of hydrogen-bond acceptors (Lipinski definition) is 3. The van der Waals surface area contributed by atoms with Crippen LogP contribution in [-0.4, -0.2) is 30.7 Å². The van der Waals surface area contributed by atoms with Gasteiger partial charge in [0.2, 0.25) is 0 Å². The molecule has 1 aliphatic rings. The number of rotatable bonds is 5. The van der Waals surface area contributed by atoms with E-state index in [0.29, 0.717) is 23.3 Å². The van der Waals surface area contributed by atoms with Crippen LogP contribution in [0.4, 0.5) is 0 Å². The van der Waals surface area contributed by atoms with Gasteiger partial charge in [-0.3, -0.25) is 0 Å². The van der Waals surface area contributed by atoms with Crippen molar-refractivity contribution < 1.29 is 9.84 Å². The summed E-state index contributed by atoms with van der Waals surface area (Å²) in [6.07, 6.45) is 0. The smallest absolute Gasteiger partial charge is 0.0575 e. The van der Waals surface area contributed by atoms with E-state index in [9.17, 15) is 5.11 Å². The minimum absolute atomic E-state index is 0.0577. The highest BCUT2D eigenvalue weighted by atomic mass is 35.5. The Morgan fingerprint density at radius 3 is 2.67 bits per heavy atom. The lowest BCUT2D eigenvalue weighted by atomic mass is 9.90. The van der Waals surface area contributed by atoms with Gasteiger partial charge in [0.05, 0.1) is 19.8 Å². The Balaban J connectivity index is 1.97. The average Bonchev–Trinajstić information content (AvgIpc) is 2.27. The summed E-state index contributed by atoms with van der Waals surface area (Å²) in [5.41, 5.74) is 1.03. The lowest BCUT2D eigenvalue weighted by molar-refractivity contribution is -0.121. The number of hydrogen-bond donors (Lipinski definition) is 1. The summed E-state index contributed by atoms with van der Waals surface area (Å²) in [7, 11) is 0. The van der Waals surface area contributed by atoms with Crippen LogP contribution in [0.15, 0.2) is 18.2 Å². The average molecular weight is 307 g/mol. The molecule has 5 heteroatoms. The number of benzene rings is 1. The first-order valence-electron chi connectivity index (χ1n) is 5.81. The number of aliphatic hydroxyl groups excluding tert-OH is 1. The molecule has 0 aliphatic carbocycles. The van der Waals surface area contributed by atoms with E-state index in [1.165, 1.54) is 0 Å². The topological polar surface area (TPSA) is 29.5 Å². The zero-order chi connectivity index (χ0) is 13.2. The molecular weight excluding hydrogens is 291 g/mol. The van der Waals surface area contributed by atoms with Gasteiger partial charge in [0, 0.05) is 26.5 Å². The van der Waals surface area contributed by atoms with Gasteiger partial charge in [-0.2, -0.15) is 11.8 Å². The molecule has 1 aromatic carbocycles. The third kappa shape index (κ3) is 3.14. The maximum Gasteiger partial charge on any atom is 0.0575 e. The zero-order valence-electron chi connectivity index (χ0n) is 10.2. The second-order valence-electron chi connectivity index (χ2n) is 4.77. The molecule has 100 valence electrons. The van der Waals surface area contributed by atoms with Crippen molar-refractivity contribution in [3.05, 3.63) is 33.8 Å². The van der Waals surface area contributed by atoms with Crippen molar-refractivity contribution in [3.8, 4) is 0 Å². The standard InChI is InChI=1S/C13H16Cl2O2S/c1-9(11-3-2-10(14)4-12(11)15)18-8-13(5-16)6-17-7-13/h2-4,9,16H,5-8H2,1H3/t9-/m0/s1. The van der Waals surface area contributed by atoms with Crippen LogP contribution in [0.3, 0.4) is 0 Å². The van der Waals surface area contributed by atoms with Gasteiger partial charge < -0.3 is 9.84 Å². The van der Waals surface area contributed by atoms with Gasteiger partial charge >= 0.3 is 0 Å². The van der Waals surface area contributed by atoms with E-state index < -0.39 is 0 Å². The van der Waals surface area contributed by atoms with Gasteiger partial charge in [-0.25, -0.2) is 0 Å².